The second-order valence-electron chi connectivity index (χ2n) is 6.91. The molecule has 1 atom stereocenters. The summed E-state index contributed by atoms with van der Waals surface area (Å²) in [4.78, 5) is 14.9. The predicted octanol–water partition coefficient (Wildman–Crippen LogP) is 4.37. The molecule has 3 aromatic rings. The number of hydrogen-bond acceptors (Lipinski definition) is 5. The first-order valence-electron chi connectivity index (χ1n) is 9.51. The molecule has 2 heterocycles. The summed E-state index contributed by atoms with van der Waals surface area (Å²) in [6.45, 7) is 1.73. The number of halogens is 2. The number of anilines is 1. The van der Waals surface area contributed by atoms with Crippen molar-refractivity contribution in [2.45, 2.75) is 25.3 Å². The van der Waals surface area contributed by atoms with E-state index in [0.29, 0.717) is 6.01 Å². The number of piperidine rings is 1. The van der Waals surface area contributed by atoms with Gasteiger partial charge in [0, 0.05) is 13.1 Å². The summed E-state index contributed by atoms with van der Waals surface area (Å²) in [5, 5.41) is 11.4. The molecule has 1 saturated heterocycles. The van der Waals surface area contributed by atoms with Crippen LogP contribution in [0, 0.1) is 5.82 Å². The van der Waals surface area contributed by atoms with Gasteiger partial charge in [-0.1, -0.05) is 47.0 Å². The molecule has 29 heavy (non-hydrogen) atoms. The molecular formula is C21H20ClFN4O2. The maximum absolute atomic E-state index is 13.6. The monoisotopic (exact) mass is 414 g/mol. The number of hydrogen-bond donors (Lipinski definition) is 1. The van der Waals surface area contributed by atoms with Crippen LogP contribution in [0.3, 0.4) is 0 Å². The third-order valence-corrected chi connectivity index (χ3v) is 5.21. The zero-order valence-electron chi connectivity index (χ0n) is 15.6. The van der Waals surface area contributed by atoms with Crippen LogP contribution in [-0.2, 0) is 0 Å². The third kappa shape index (κ3) is 4.40. The quantitative estimate of drug-likeness (QED) is 0.671. The zero-order chi connectivity index (χ0) is 20.2. The molecule has 1 aliphatic rings. The van der Waals surface area contributed by atoms with Crippen molar-refractivity contribution in [1.29, 1.82) is 0 Å². The highest BCUT2D eigenvalue weighted by Gasteiger charge is 2.26. The number of rotatable bonds is 5. The van der Waals surface area contributed by atoms with Gasteiger partial charge in [-0.15, -0.1) is 5.10 Å². The standard InChI is InChI=1S/C21H20ClFN4O2/c22-17-10-9-15(23)13-16(17)19(28)24-18(14-7-3-1-4-8-14)20-25-26-21(29-20)27-11-5-2-6-12-27/h1,3-4,7-10,13,18H,2,5-6,11-12H2,(H,24,28)/t18-/m1/s1. The maximum Gasteiger partial charge on any atom is 0.318 e. The van der Waals surface area contributed by atoms with Crippen LogP contribution in [0.2, 0.25) is 5.02 Å². The summed E-state index contributed by atoms with van der Waals surface area (Å²) in [7, 11) is 0. The van der Waals surface area contributed by atoms with E-state index in [2.05, 4.69) is 15.5 Å². The highest BCUT2D eigenvalue weighted by atomic mass is 35.5. The van der Waals surface area contributed by atoms with Crippen LogP contribution >= 0.6 is 11.6 Å². The van der Waals surface area contributed by atoms with Crippen LogP contribution in [-0.4, -0.2) is 29.2 Å². The molecule has 0 bridgehead atoms. The summed E-state index contributed by atoms with van der Waals surface area (Å²) >= 11 is 6.09. The highest BCUT2D eigenvalue weighted by molar-refractivity contribution is 6.33. The summed E-state index contributed by atoms with van der Waals surface area (Å²) < 4.78 is 19.5. The van der Waals surface area contributed by atoms with Crippen molar-refractivity contribution in [3.8, 4) is 0 Å². The van der Waals surface area contributed by atoms with Crippen molar-refractivity contribution >= 4 is 23.5 Å². The van der Waals surface area contributed by atoms with Gasteiger partial charge in [-0.2, -0.15) is 0 Å². The van der Waals surface area contributed by atoms with E-state index in [1.165, 1.54) is 18.6 Å². The Morgan fingerprint density at radius 1 is 1.10 bits per heavy atom. The lowest BCUT2D eigenvalue weighted by Crippen LogP contribution is -2.30. The van der Waals surface area contributed by atoms with Gasteiger partial charge in [-0.25, -0.2) is 4.39 Å². The van der Waals surface area contributed by atoms with Gasteiger partial charge in [0.15, 0.2) is 0 Å². The van der Waals surface area contributed by atoms with Crippen molar-refractivity contribution in [2.24, 2.45) is 0 Å². The first-order valence-corrected chi connectivity index (χ1v) is 9.89. The van der Waals surface area contributed by atoms with E-state index in [4.69, 9.17) is 16.0 Å². The predicted molar refractivity (Wildman–Crippen MR) is 108 cm³/mol. The van der Waals surface area contributed by atoms with Gasteiger partial charge < -0.3 is 14.6 Å². The molecule has 8 heteroatoms. The Labute approximate surface area is 172 Å². The van der Waals surface area contributed by atoms with Gasteiger partial charge in [-0.3, -0.25) is 4.79 Å². The lowest BCUT2D eigenvalue weighted by Gasteiger charge is -2.24. The largest absolute Gasteiger partial charge is 0.405 e. The highest BCUT2D eigenvalue weighted by Crippen LogP contribution is 2.26. The SMILES string of the molecule is O=C(N[C@H](c1ccccc1)c1nnc(N2CCCCC2)o1)c1cc(F)ccc1Cl. The zero-order valence-corrected chi connectivity index (χ0v) is 16.4. The van der Waals surface area contributed by atoms with Crippen LogP contribution in [0.1, 0.15) is 47.1 Å². The second-order valence-corrected chi connectivity index (χ2v) is 7.32. The third-order valence-electron chi connectivity index (χ3n) is 4.88. The van der Waals surface area contributed by atoms with Crippen LogP contribution in [0.4, 0.5) is 10.4 Å². The average molecular weight is 415 g/mol. The van der Waals surface area contributed by atoms with Crippen molar-refractivity contribution < 1.29 is 13.6 Å². The maximum atomic E-state index is 13.6. The molecule has 0 spiro atoms. The first kappa shape index (κ1) is 19.4. The minimum Gasteiger partial charge on any atom is -0.405 e. The van der Waals surface area contributed by atoms with Crippen molar-refractivity contribution in [1.82, 2.24) is 15.5 Å². The smallest absolute Gasteiger partial charge is 0.318 e. The van der Waals surface area contributed by atoms with E-state index in [1.54, 1.807) is 0 Å². The fourth-order valence-corrected chi connectivity index (χ4v) is 3.57. The Morgan fingerprint density at radius 2 is 1.86 bits per heavy atom. The molecule has 2 aromatic carbocycles. The first-order chi connectivity index (χ1) is 14.1. The Hall–Kier alpha value is -2.93. The lowest BCUT2D eigenvalue weighted by atomic mass is 10.1. The van der Waals surface area contributed by atoms with Crippen LogP contribution in [0.15, 0.2) is 52.9 Å². The minimum atomic E-state index is -0.686. The van der Waals surface area contributed by atoms with E-state index in [0.717, 1.165) is 37.6 Å². The molecule has 6 nitrogen and oxygen atoms in total. The van der Waals surface area contributed by atoms with E-state index in [9.17, 15) is 9.18 Å². The number of nitrogens with one attached hydrogen (secondary N) is 1. The van der Waals surface area contributed by atoms with Gasteiger partial charge in [-0.05, 0) is 43.0 Å². The number of aromatic nitrogens is 2. The molecule has 1 aromatic heterocycles. The molecule has 1 N–H and O–H groups in total. The molecular weight excluding hydrogens is 395 g/mol. The number of amides is 1. The molecule has 4 rings (SSSR count). The number of carbonyl (C=O) groups is 1. The molecule has 1 amide bonds. The molecule has 1 aliphatic heterocycles. The number of nitrogens with zero attached hydrogens (tertiary/aromatic N) is 3. The Balaban J connectivity index is 1.63. The summed E-state index contributed by atoms with van der Waals surface area (Å²) in [5.74, 6) is -0.806. The summed E-state index contributed by atoms with van der Waals surface area (Å²) in [6.07, 6.45) is 3.35. The average Bonchev–Trinajstić information content (AvgIpc) is 3.25. The van der Waals surface area contributed by atoms with Gasteiger partial charge in [0.05, 0.1) is 10.6 Å². The van der Waals surface area contributed by atoms with E-state index in [-0.39, 0.29) is 16.5 Å². The second kappa shape index (κ2) is 8.61. The summed E-state index contributed by atoms with van der Waals surface area (Å²) in [5.41, 5.74) is 0.811. The van der Waals surface area contributed by atoms with Crippen LogP contribution in [0.25, 0.3) is 0 Å². The minimum absolute atomic E-state index is 0.0448. The molecule has 150 valence electrons. The Bertz CT molecular complexity index is 989. The summed E-state index contributed by atoms with van der Waals surface area (Å²) in [6, 6.07) is 12.7. The number of carbonyl (C=O) groups excluding carboxylic acids is 1. The number of benzene rings is 2. The van der Waals surface area contributed by atoms with Gasteiger partial charge in [0.25, 0.3) is 5.91 Å². The van der Waals surface area contributed by atoms with E-state index in [1.807, 2.05) is 35.2 Å². The van der Waals surface area contributed by atoms with Gasteiger partial charge in [0.1, 0.15) is 11.9 Å². The van der Waals surface area contributed by atoms with E-state index >= 15 is 0 Å². The van der Waals surface area contributed by atoms with Gasteiger partial charge in [0.2, 0.25) is 5.89 Å². The van der Waals surface area contributed by atoms with Crippen molar-refractivity contribution in [3.63, 3.8) is 0 Å². The van der Waals surface area contributed by atoms with Crippen LogP contribution in [0.5, 0.6) is 0 Å². The van der Waals surface area contributed by atoms with E-state index < -0.39 is 17.8 Å². The molecule has 0 saturated carbocycles. The van der Waals surface area contributed by atoms with Crippen molar-refractivity contribution in [3.05, 3.63) is 76.4 Å². The fraction of sp³-hybridized carbons (Fsp3) is 0.286. The molecule has 0 radical (unpaired) electrons. The van der Waals surface area contributed by atoms with Gasteiger partial charge >= 0.3 is 6.01 Å². The van der Waals surface area contributed by atoms with Crippen LogP contribution < -0.4 is 10.2 Å². The Kier molecular flexibility index (Phi) is 5.76. The fourth-order valence-electron chi connectivity index (χ4n) is 3.37. The topological polar surface area (TPSA) is 71.3 Å². The molecule has 1 fully saturated rings. The Morgan fingerprint density at radius 3 is 2.62 bits per heavy atom. The normalized spacial score (nSPS) is 15.2. The van der Waals surface area contributed by atoms with Crippen molar-refractivity contribution in [2.75, 3.05) is 18.0 Å². The lowest BCUT2D eigenvalue weighted by molar-refractivity contribution is 0.0937. The molecule has 0 aliphatic carbocycles. The molecule has 0 unspecified atom stereocenters.